The highest BCUT2D eigenvalue weighted by Crippen LogP contribution is 2.39. The highest BCUT2D eigenvalue weighted by molar-refractivity contribution is 7.99. The van der Waals surface area contributed by atoms with Gasteiger partial charge in [-0.15, -0.1) is 10.2 Å². The number of carboxylic acids is 1. The number of nitro groups is 1. The van der Waals surface area contributed by atoms with Crippen LogP contribution in [-0.2, 0) is 4.79 Å². The van der Waals surface area contributed by atoms with Crippen molar-refractivity contribution in [3.63, 3.8) is 0 Å². The van der Waals surface area contributed by atoms with Gasteiger partial charge in [0.25, 0.3) is 5.69 Å². The first-order chi connectivity index (χ1) is 16.4. The Balaban J connectivity index is 1.73. The SMILES string of the molecule is O=C(O)CC[C@@H]1N=C(c2ccccc2F)c2cc([N+](=O)[O-])ccc2-n2c(SCC3CC3)nnc21. The van der Waals surface area contributed by atoms with Crippen LogP contribution in [0.2, 0.25) is 0 Å². The standard InChI is InChI=1S/C23H20FN5O4S/c24-17-4-2-1-3-15(17)21-16-11-14(29(32)33)7-9-19(16)28-22(18(25-21)8-10-20(30)31)26-27-23(28)34-12-13-5-6-13/h1-4,7,9,11,13,18H,5-6,8,10,12H2,(H,30,31)/t18-/m0/s1. The molecular formula is C23H20FN5O4S. The van der Waals surface area contributed by atoms with Crippen LogP contribution in [0.1, 0.15) is 48.7 Å². The van der Waals surface area contributed by atoms with Crippen LogP contribution in [0, 0.1) is 21.8 Å². The summed E-state index contributed by atoms with van der Waals surface area (Å²) in [4.78, 5) is 27.1. The molecule has 0 unspecified atom stereocenters. The van der Waals surface area contributed by atoms with E-state index in [9.17, 15) is 24.4 Å². The first kappa shape index (κ1) is 22.2. The molecular weight excluding hydrogens is 461 g/mol. The van der Waals surface area contributed by atoms with Crippen molar-refractivity contribution in [2.24, 2.45) is 10.9 Å². The molecule has 1 aliphatic carbocycles. The molecule has 0 spiro atoms. The Kier molecular flexibility index (Phi) is 5.86. The van der Waals surface area contributed by atoms with Gasteiger partial charge >= 0.3 is 5.97 Å². The number of hydrogen-bond acceptors (Lipinski definition) is 7. The van der Waals surface area contributed by atoms with E-state index in [0.717, 1.165) is 5.75 Å². The molecule has 3 aromatic rings. The van der Waals surface area contributed by atoms with E-state index in [1.807, 2.05) is 0 Å². The number of benzene rings is 2. The van der Waals surface area contributed by atoms with Gasteiger partial charge < -0.3 is 5.11 Å². The van der Waals surface area contributed by atoms with Gasteiger partial charge in [0.1, 0.15) is 11.9 Å². The minimum atomic E-state index is -0.991. The average Bonchev–Trinajstić information content (AvgIpc) is 3.58. The minimum Gasteiger partial charge on any atom is -0.481 e. The first-order valence-corrected chi connectivity index (χ1v) is 11.8. The molecule has 11 heteroatoms. The summed E-state index contributed by atoms with van der Waals surface area (Å²) in [5.74, 6) is 0.390. The van der Waals surface area contributed by atoms with E-state index < -0.39 is 22.8 Å². The molecule has 2 aromatic carbocycles. The number of rotatable bonds is 8. The smallest absolute Gasteiger partial charge is 0.303 e. The zero-order valence-electron chi connectivity index (χ0n) is 17.9. The van der Waals surface area contributed by atoms with Crippen LogP contribution in [0.4, 0.5) is 10.1 Å². The van der Waals surface area contributed by atoms with E-state index in [1.165, 1.54) is 42.8 Å². The van der Waals surface area contributed by atoms with Crippen LogP contribution in [-0.4, -0.2) is 42.2 Å². The molecule has 174 valence electrons. The third-order valence-electron chi connectivity index (χ3n) is 5.83. The number of hydrogen-bond donors (Lipinski definition) is 1. The topological polar surface area (TPSA) is 124 Å². The molecule has 2 aliphatic rings. The highest BCUT2D eigenvalue weighted by atomic mass is 32.2. The Morgan fingerprint density at radius 3 is 2.71 bits per heavy atom. The minimum absolute atomic E-state index is 0.120. The summed E-state index contributed by atoms with van der Waals surface area (Å²) in [6.45, 7) is 0. The molecule has 9 nitrogen and oxygen atoms in total. The van der Waals surface area contributed by atoms with Gasteiger partial charge in [-0.3, -0.25) is 24.5 Å². The lowest BCUT2D eigenvalue weighted by Crippen LogP contribution is -2.10. The van der Waals surface area contributed by atoms with E-state index in [2.05, 4.69) is 10.2 Å². The predicted octanol–water partition coefficient (Wildman–Crippen LogP) is 4.57. The monoisotopic (exact) mass is 481 g/mol. The van der Waals surface area contributed by atoms with Gasteiger partial charge in [-0.1, -0.05) is 23.9 Å². The van der Waals surface area contributed by atoms with Crippen LogP contribution >= 0.6 is 11.8 Å². The summed E-state index contributed by atoms with van der Waals surface area (Å²) in [7, 11) is 0. The van der Waals surface area contributed by atoms with Crippen molar-refractivity contribution in [2.45, 2.75) is 36.9 Å². The number of nitrogens with zero attached hydrogens (tertiary/aromatic N) is 5. The fraction of sp³-hybridized carbons (Fsp3) is 0.304. The fourth-order valence-corrected chi connectivity index (χ4v) is 5.06. The van der Waals surface area contributed by atoms with E-state index >= 15 is 0 Å². The quantitative estimate of drug-likeness (QED) is 0.284. The van der Waals surface area contributed by atoms with Crippen LogP contribution in [0.5, 0.6) is 0 Å². The molecule has 5 rings (SSSR count). The molecule has 1 fully saturated rings. The van der Waals surface area contributed by atoms with Crippen molar-refractivity contribution in [3.8, 4) is 5.69 Å². The summed E-state index contributed by atoms with van der Waals surface area (Å²) in [5, 5.41) is 30.1. The number of aromatic nitrogens is 3. The van der Waals surface area contributed by atoms with Crippen LogP contribution in [0.3, 0.4) is 0 Å². The van der Waals surface area contributed by atoms with Crippen LogP contribution in [0.15, 0.2) is 52.6 Å². The summed E-state index contributed by atoms with van der Waals surface area (Å²) in [5.41, 5.74) is 1.15. The Hall–Kier alpha value is -3.60. The highest BCUT2D eigenvalue weighted by Gasteiger charge is 2.32. The molecule has 1 aromatic heterocycles. The van der Waals surface area contributed by atoms with Gasteiger partial charge in [0.05, 0.1) is 16.3 Å². The summed E-state index contributed by atoms with van der Waals surface area (Å²) in [6, 6.07) is 9.69. The van der Waals surface area contributed by atoms with E-state index in [4.69, 9.17) is 4.99 Å². The number of aliphatic carboxylic acids is 1. The Bertz CT molecular complexity index is 1320. The van der Waals surface area contributed by atoms with Crippen molar-refractivity contribution < 1.29 is 19.2 Å². The van der Waals surface area contributed by atoms with Gasteiger partial charge in [0.15, 0.2) is 11.0 Å². The molecule has 1 aliphatic heterocycles. The Morgan fingerprint density at radius 1 is 1.21 bits per heavy atom. The maximum absolute atomic E-state index is 14.9. The van der Waals surface area contributed by atoms with Crippen LogP contribution < -0.4 is 0 Å². The largest absolute Gasteiger partial charge is 0.481 e. The van der Waals surface area contributed by atoms with Gasteiger partial charge in [-0.2, -0.15) is 0 Å². The molecule has 2 heterocycles. The Labute approximate surface area is 197 Å². The van der Waals surface area contributed by atoms with Crippen molar-refractivity contribution in [1.29, 1.82) is 0 Å². The molecule has 1 saturated carbocycles. The second-order valence-electron chi connectivity index (χ2n) is 8.29. The molecule has 0 radical (unpaired) electrons. The number of halogens is 1. The molecule has 1 atom stereocenters. The lowest BCUT2D eigenvalue weighted by atomic mass is 9.99. The molecule has 1 N–H and O–H groups in total. The van der Waals surface area contributed by atoms with Gasteiger partial charge in [-0.05, 0) is 43.4 Å². The summed E-state index contributed by atoms with van der Waals surface area (Å²) < 4.78 is 16.7. The van der Waals surface area contributed by atoms with E-state index in [1.54, 1.807) is 28.8 Å². The second-order valence-corrected chi connectivity index (χ2v) is 9.28. The Morgan fingerprint density at radius 2 is 2.00 bits per heavy atom. The lowest BCUT2D eigenvalue weighted by Gasteiger charge is -2.13. The number of nitro benzene ring substituents is 1. The van der Waals surface area contributed by atoms with E-state index in [-0.39, 0.29) is 29.8 Å². The predicted molar refractivity (Wildman–Crippen MR) is 123 cm³/mol. The maximum Gasteiger partial charge on any atom is 0.303 e. The van der Waals surface area contributed by atoms with Gasteiger partial charge in [0, 0.05) is 35.4 Å². The number of carboxylic acid groups (broad SMARTS) is 1. The van der Waals surface area contributed by atoms with Crippen molar-refractivity contribution in [3.05, 3.63) is 75.3 Å². The molecule has 34 heavy (non-hydrogen) atoms. The van der Waals surface area contributed by atoms with Gasteiger partial charge in [-0.25, -0.2) is 4.39 Å². The first-order valence-electron chi connectivity index (χ1n) is 10.8. The van der Waals surface area contributed by atoms with Crippen molar-refractivity contribution in [2.75, 3.05) is 5.75 Å². The number of aliphatic imine (C=N–C) groups is 1. The molecule has 0 amide bonds. The third kappa shape index (κ3) is 4.30. The average molecular weight is 482 g/mol. The van der Waals surface area contributed by atoms with Crippen molar-refractivity contribution >= 4 is 29.1 Å². The zero-order valence-corrected chi connectivity index (χ0v) is 18.7. The summed E-state index contributed by atoms with van der Waals surface area (Å²) >= 11 is 1.54. The summed E-state index contributed by atoms with van der Waals surface area (Å²) in [6.07, 6.45) is 2.28. The van der Waals surface area contributed by atoms with Gasteiger partial charge in [0.2, 0.25) is 0 Å². The second kappa shape index (κ2) is 8.98. The van der Waals surface area contributed by atoms with Crippen molar-refractivity contribution in [1.82, 2.24) is 14.8 Å². The fourth-order valence-electron chi connectivity index (χ4n) is 3.92. The third-order valence-corrected chi connectivity index (χ3v) is 6.99. The zero-order chi connectivity index (χ0) is 23.8. The lowest BCUT2D eigenvalue weighted by molar-refractivity contribution is -0.384. The number of fused-ring (bicyclic) bond motifs is 3. The normalized spacial score (nSPS) is 16.9. The maximum atomic E-state index is 14.9. The number of thioether (sulfide) groups is 1. The van der Waals surface area contributed by atoms with E-state index in [0.29, 0.717) is 28.1 Å². The molecule has 0 bridgehead atoms. The van der Waals surface area contributed by atoms with Crippen LogP contribution in [0.25, 0.3) is 5.69 Å². The molecule has 0 saturated heterocycles. The number of non-ortho nitro benzene ring substituents is 1. The number of carbonyl (C=O) groups is 1.